The maximum atomic E-state index is 11.6. The van der Waals surface area contributed by atoms with Crippen LogP contribution in [0.5, 0.6) is 0 Å². The lowest BCUT2D eigenvalue weighted by Crippen LogP contribution is -2.22. The number of methoxy groups -OCH3 is 1. The van der Waals surface area contributed by atoms with Gasteiger partial charge in [-0.25, -0.2) is 9.78 Å². The van der Waals surface area contributed by atoms with E-state index in [9.17, 15) is 4.79 Å². The molecule has 0 aliphatic heterocycles. The van der Waals surface area contributed by atoms with Gasteiger partial charge < -0.3 is 14.4 Å². The van der Waals surface area contributed by atoms with Crippen LogP contribution in [0.1, 0.15) is 22.3 Å². The van der Waals surface area contributed by atoms with E-state index in [0.29, 0.717) is 18.9 Å². The van der Waals surface area contributed by atoms with E-state index < -0.39 is 0 Å². The molecule has 0 atom stereocenters. The Morgan fingerprint density at radius 1 is 1.53 bits per heavy atom. The van der Waals surface area contributed by atoms with Crippen LogP contribution < -0.4 is 4.90 Å². The third-order valence-electron chi connectivity index (χ3n) is 2.21. The number of ether oxygens (including phenoxy) is 2. The van der Waals surface area contributed by atoms with Gasteiger partial charge in [-0.3, -0.25) is 0 Å². The first kappa shape index (κ1) is 13.9. The average molecular weight is 258 g/mol. The molecule has 17 heavy (non-hydrogen) atoms. The lowest BCUT2D eigenvalue weighted by molar-refractivity contribution is 0.0519. The molecule has 1 rings (SSSR count). The van der Waals surface area contributed by atoms with Crippen LogP contribution in [0.15, 0.2) is 0 Å². The molecule has 0 unspecified atom stereocenters. The number of aryl methyl sites for hydroxylation is 1. The van der Waals surface area contributed by atoms with E-state index in [1.807, 2.05) is 18.9 Å². The molecule has 0 spiro atoms. The van der Waals surface area contributed by atoms with Crippen molar-refractivity contribution in [3.63, 3.8) is 0 Å². The van der Waals surface area contributed by atoms with Gasteiger partial charge >= 0.3 is 5.97 Å². The fourth-order valence-corrected chi connectivity index (χ4v) is 2.14. The first-order valence-electron chi connectivity index (χ1n) is 5.44. The van der Waals surface area contributed by atoms with Gasteiger partial charge in [0.1, 0.15) is 0 Å². The molecule has 0 bridgehead atoms. The Balaban J connectivity index is 2.76. The maximum absolute atomic E-state index is 11.6. The largest absolute Gasteiger partial charge is 0.461 e. The van der Waals surface area contributed by atoms with Crippen molar-refractivity contribution in [2.75, 3.05) is 38.8 Å². The molecule has 0 N–H and O–H groups in total. The third-order valence-corrected chi connectivity index (χ3v) is 3.30. The fraction of sp³-hybridized carbons (Fsp3) is 0.636. The number of carbonyl (C=O) groups is 1. The lowest BCUT2D eigenvalue weighted by atomic mass is 10.4. The van der Waals surface area contributed by atoms with Gasteiger partial charge in [0.25, 0.3) is 0 Å². The summed E-state index contributed by atoms with van der Waals surface area (Å²) < 4.78 is 9.95. The highest BCUT2D eigenvalue weighted by Gasteiger charge is 2.18. The highest BCUT2D eigenvalue weighted by Crippen LogP contribution is 2.25. The summed E-state index contributed by atoms with van der Waals surface area (Å²) in [4.78, 5) is 18.7. The van der Waals surface area contributed by atoms with E-state index in [2.05, 4.69) is 4.98 Å². The number of rotatable bonds is 6. The van der Waals surface area contributed by atoms with Crippen molar-refractivity contribution in [3.8, 4) is 0 Å². The van der Waals surface area contributed by atoms with E-state index >= 15 is 0 Å². The Morgan fingerprint density at radius 3 is 2.82 bits per heavy atom. The predicted molar refractivity (Wildman–Crippen MR) is 68.0 cm³/mol. The molecule has 0 aliphatic rings. The Labute approximate surface area is 105 Å². The molecule has 96 valence electrons. The lowest BCUT2D eigenvalue weighted by Gasteiger charge is -2.14. The van der Waals surface area contributed by atoms with Crippen molar-refractivity contribution in [2.45, 2.75) is 13.8 Å². The van der Waals surface area contributed by atoms with Gasteiger partial charge in [0.15, 0.2) is 10.8 Å². The van der Waals surface area contributed by atoms with Crippen molar-refractivity contribution in [1.29, 1.82) is 0 Å². The summed E-state index contributed by atoms with van der Waals surface area (Å²) in [7, 11) is 3.58. The van der Waals surface area contributed by atoms with Gasteiger partial charge in [0, 0.05) is 25.6 Å². The summed E-state index contributed by atoms with van der Waals surface area (Å²) in [5, 5.41) is 0.808. The van der Waals surface area contributed by atoms with Crippen LogP contribution >= 0.6 is 11.3 Å². The highest BCUT2D eigenvalue weighted by atomic mass is 32.1. The van der Waals surface area contributed by atoms with E-state index in [1.54, 1.807) is 14.0 Å². The van der Waals surface area contributed by atoms with Crippen molar-refractivity contribution in [2.24, 2.45) is 0 Å². The average Bonchev–Trinajstić information content (AvgIpc) is 2.68. The number of aromatic nitrogens is 1. The number of hydrogen-bond acceptors (Lipinski definition) is 6. The maximum Gasteiger partial charge on any atom is 0.358 e. The molecule has 0 saturated heterocycles. The number of hydrogen-bond donors (Lipinski definition) is 0. The number of nitrogens with zero attached hydrogens (tertiary/aromatic N) is 2. The van der Waals surface area contributed by atoms with E-state index in [-0.39, 0.29) is 5.97 Å². The number of anilines is 1. The van der Waals surface area contributed by atoms with Crippen molar-refractivity contribution in [3.05, 3.63) is 10.6 Å². The summed E-state index contributed by atoms with van der Waals surface area (Å²) in [6.07, 6.45) is 0. The first-order valence-corrected chi connectivity index (χ1v) is 6.26. The number of likely N-dealkylation sites (N-methyl/N-ethyl adjacent to an activating group) is 1. The molecule has 0 saturated carbocycles. The normalized spacial score (nSPS) is 10.4. The molecule has 1 aromatic heterocycles. The van der Waals surface area contributed by atoms with Crippen LogP contribution in [0.3, 0.4) is 0 Å². The minimum atomic E-state index is -0.354. The molecule has 1 heterocycles. The molecule has 0 aromatic carbocycles. The van der Waals surface area contributed by atoms with Crippen LogP contribution in [0.2, 0.25) is 0 Å². The highest BCUT2D eigenvalue weighted by molar-refractivity contribution is 7.15. The monoisotopic (exact) mass is 258 g/mol. The SMILES string of the molecule is CCOC(=O)c1nc(N(C)CCOC)sc1C. The van der Waals surface area contributed by atoms with Gasteiger partial charge in [-0.1, -0.05) is 0 Å². The predicted octanol–water partition coefficient (Wildman–Crippen LogP) is 1.71. The second-order valence-electron chi connectivity index (χ2n) is 3.54. The Kier molecular flexibility index (Phi) is 5.37. The Hall–Kier alpha value is -1.14. The summed E-state index contributed by atoms with van der Waals surface area (Å²) in [6, 6.07) is 0. The first-order chi connectivity index (χ1) is 8.10. The van der Waals surface area contributed by atoms with Crippen LogP contribution in [-0.2, 0) is 9.47 Å². The summed E-state index contributed by atoms with van der Waals surface area (Å²) >= 11 is 1.49. The fourth-order valence-electron chi connectivity index (χ4n) is 1.26. The molecule has 0 fully saturated rings. The Morgan fingerprint density at radius 2 is 2.24 bits per heavy atom. The van der Waals surface area contributed by atoms with E-state index in [0.717, 1.165) is 16.6 Å². The van der Waals surface area contributed by atoms with Gasteiger partial charge in [-0.2, -0.15) is 0 Å². The second-order valence-corrected chi connectivity index (χ2v) is 4.72. The summed E-state index contributed by atoms with van der Waals surface area (Å²) in [5.74, 6) is -0.354. The quantitative estimate of drug-likeness (QED) is 0.727. The molecule has 0 amide bonds. The van der Waals surface area contributed by atoms with Crippen LogP contribution in [0, 0.1) is 6.92 Å². The molecule has 0 aliphatic carbocycles. The zero-order valence-corrected chi connectivity index (χ0v) is 11.5. The molecule has 5 nitrogen and oxygen atoms in total. The smallest absolute Gasteiger partial charge is 0.358 e. The van der Waals surface area contributed by atoms with Gasteiger partial charge in [0.2, 0.25) is 0 Å². The van der Waals surface area contributed by atoms with Crippen molar-refractivity contribution >= 4 is 22.4 Å². The number of carbonyl (C=O) groups excluding carboxylic acids is 1. The topological polar surface area (TPSA) is 51.7 Å². The Bertz CT molecular complexity index is 379. The van der Waals surface area contributed by atoms with E-state index in [4.69, 9.17) is 9.47 Å². The zero-order chi connectivity index (χ0) is 12.8. The van der Waals surface area contributed by atoms with Gasteiger partial charge in [-0.15, -0.1) is 11.3 Å². The van der Waals surface area contributed by atoms with Gasteiger partial charge in [0.05, 0.1) is 13.2 Å². The van der Waals surface area contributed by atoms with Gasteiger partial charge in [-0.05, 0) is 13.8 Å². The van der Waals surface area contributed by atoms with Crippen LogP contribution in [-0.4, -0.2) is 44.9 Å². The minimum Gasteiger partial charge on any atom is -0.461 e. The minimum absolute atomic E-state index is 0.354. The summed E-state index contributed by atoms with van der Waals surface area (Å²) in [6.45, 7) is 5.39. The van der Waals surface area contributed by atoms with Crippen molar-refractivity contribution < 1.29 is 14.3 Å². The van der Waals surface area contributed by atoms with E-state index in [1.165, 1.54) is 11.3 Å². The molecular weight excluding hydrogens is 240 g/mol. The standard InChI is InChI=1S/C11H18N2O3S/c1-5-16-10(14)9-8(2)17-11(12-9)13(3)6-7-15-4/h5-7H2,1-4H3. The molecule has 6 heteroatoms. The number of thiazole rings is 1. The number of esters is 1. The molecule has 0 radical (unpaired) electrons. The van der Waals surface area contributed by atoms with Crippen LogP contribution in [0.25, 0.3) is 0 Å². The summed E-state index contributed by atoms with van der Waals surface area (Å²) in [5.41, 5.74) is 0.413. The van der Waals surface area contributed by atoms with Crippen molar-refractivity contribution in [1.82, 2.24) is 4.98 Å². The molecular formula is C11H18N2O3S. The third kappa shape index (κ3) is 3.67. The van der Waals surface area contributed by atoms with Crippen LogP contribution in [0.4, 0.5) is 5.13 Å². The second kappa shape index (κ2) is 6.56. The molecule has 1 aromatic rings. The zero-order valence-electron chi connectivity index (χ0n) is 10.6.